The SMILES string of the molecule is O=C(COc1ccc(OCc2ccccc2)cc1)NCC[NH+]1CCCC1. The normalized spacial score (nSPS) is 14.2. The van der Waals surface area contributed by atoms with Gasteiger partial charge in [-0.3, -0.25) is 4.79 Å². The standard InChI is InChI=1S/C21H26N2O3/c24-21(22-12-15-23-13-4-5-14-23)17-26-20-10-8-19(9-11-20)25-16-18-6-2-1-3-7-18/h1-3,6-11H,4-5,12-17H2,(H,22,24)/p+1. The predicted octanol–water partition coefficient (Wildman–Crippen LogP) is 1.44. The van der Waals surface area contributed by atoms with Gasteiger partial charge < -0.3 is 19.7 Å². The Morgan fingerprint density at radius 2 is 1.58 bits per heavy atom. The van der Waals surface area contributed by atoms with E-state index in [4.69, 9.17) is 9.47 Å². The van der Waals surface area contributed by atoms with E-state index >= 15 is 0 Å². The first-order valence-electron chi connectivity index (χ1n) is 9.29. The number of hydrogen-bond donors (Lipinski definition) is 2. The topological polar surface area (TPSA) is 52.0 Å². The molecule has 1 amide bonds. The van der Waals surface area contributed by atoms with Gasteiger partial charge in [-0.05, 0) is 29.8 Å². The smallest absolute Gasteiger partial charge is 0.258 e. The summed E-state index contributed by atoms with van der Waals surface area (Å²) < 4.78 is 11.3. The molecule has 5 nitrogen and oxygen atoms in total. The number of carbonyl (C=O) groups is 1. The summed E-state index contributed by atoms with van der Waals surface area (Å²) in [6, 6.07) is 17.4. The molecule has 26 heavy (non-hydrogen) atoms. The summed E-state index contributed by atoms with van der Waals surface area (Å²) in [5.41, 5.74) is 1.13. The maximum atomic E-state index is 11.8. The first-order valence-corrected chi connectivity index (χ1v) is 9.29. The number of ether oxygens (including phenoxy) is 2. The van der Waals surface area contributed by atoms with Gasteiger partial charge in [0.2, 0.25) is 0 Å². The zero-order valence-electron chi connectivity index (χ0n) is 15.1. The fraction of sp³-hybridized carbons (Fsp3) is 0.381. The van der Waals surface area contributed by atoms with Crippen molar-refractivity contribution in [1.29, 1.82) is 0 Å². The molecular weight excluding hydrogens is 328 g/mol. The van der Waals surface area contributed by atoms with Crippen LogP contribution in [0.5, 0.6) is 11.5 Å². The molecule has 1 fully saturated rings. The Hall–Kier alpha value is -2.53. The molecule has 138 valence electrons. The first-order chi connectivity index (χ1) is 12.8. The molecule has 5 heteroatoms. The second-order valence-corrected chi connectivity index (χ2v) is 6.59. The van der Waals surface area contributed by atoms with Gasteiger partial charge >= 0.3 is 0 Å². The monoisotopic (exact) mass is 355 g/mol. The Labute approximate surface area is 154 Å². The molecule has 0 atom stereocenters. The van der Waals surface area contributed by atoms with Crippen LogP contribution in [-0.2, 0) is 11.4 Å². The van der Waals surface area contributed by atoms with E-state index in [-0.39, 0.29) is 12.5 Å². The van der Waals surface area contributed by atoms with Crippen LogP contribution < -0.4 is 19.7 Å². The number of nitrogens with one attached hydrogen (secondary N) is 2. The van der Waals surface area contributed by atoms with Crippen LogP contribution in [0.15, 0.2) is 54.6 Å². The van der Waals surface area contributed by atoms with Gasteiger partial charge in [0.1, 0.15) is 18.1 Å². The Kier molecular flexibility index (Phi) is 6.90. The Bertz CT molecular complexity index is 667. The van der Waals surface area contributed by atoms with E-state index in [1.165, 1.54) is 25.9 Å². The second-order valence-electron chi connectivity index (χ2n) is 6.59. The molecule has 0 aromatic heterocycles. The van der Waals surface area contributed by atoms with Crippen LogP contribution in [0.1, 0.15) is 18.4 Å². The zero-order valence-corrected chi connectivity index (χ0v) is 15.1. The van der Waals surface area contributed by atoms with Crippen LogP contribution in [0.3, 0.4) is 0 Å². The first kappa shape index (κ1) is 18.3. The average Bonchev–Trinajstić information content (AvgIpc) is 3.20. The summed E-state index contributed by atoms with van der Waals surface area (Å²) in [4.78, 5) is 13.4. The van der Waals surface area contributed by atoms with Crippen molar-refractivity contribution in [2.24, 2.45) is 0 Å². The van der Waals surface area contributed by atoms with Gasteiger partial charge in [0.25, 0.3) is 5.91 Å². The van der Waals surface area contributed by atoms with Gasteiger partial charge in [0.05, 0.1) is 26.2 Å². The third-order valence-corrected chi connectivity index (χ3v) is 4.55. The van der Waals surface area contributed by atoms with E-state index in [2.05, 4.69) is 5.32 Å². The fourth-order valence-corrected chi connectivity index (χ4v) is 3.08. The van der Waals surface area contributed by atoms with Crippen molar-refractivity contribution in [2.45, 2.75) is 19.4 Å². The quantitative estimate of drug-likeness (QED) is 0.716. The molecule has 2 aromatic carbocycles. The van der Waals surface area contributed by atoms with Gasteiger partial charge in [-0.15, -0.1) is 0 Å². The van der Waals surface area contributed by atoms with E-state index in [0.717, 1.165) is 17.9 Å². The van der Waals surface area contributed by atoms with Gasteiger partial charge in [-0.1, -0.05) is 30.3 Å². The summed E-state index contributed by atoms with van der Waals surface area (Å²) in [5.74, 6) is 1.37. The third-order valence-electron chi connectivity index (χ3n) is 4.55. The number of hydrogen-bond acceptors (Lipinski definition) is 3. The molecule has 2 aromatic rings. The van der Waals surface area contributed by atoms with E-state index in [9.17, 15) is 4.79 Å². The van der Waals surface area contributed by atoms with E-state index < -0.39 is 0 Å². The molecule has 1 saturated heterocycles. The Morgan fingerprint density at radius 1 is 0.923 bits per heavy atom. The van der Waals surface area contributed by atoms with Crippen LogP contribution >= 0.6 is 0 Å². The molecule has 0 radical (unpaired) electrons. The van der Waals surface area contributed by atoms with Crippen molar-refractivity contribution in [3.05, 3.63) is 60.2 Å². The summed E-state index contributed by atoms with van der Waals surface area (Å²) in [6.07, 6.45) is 2.61. The molecule has 0 spiro atoms. The highest BCUT2D eigenvalue weighted by Crippen LogP contribution is 2.18. The molecule has 0 saturated carbocycles. The van der Waals surface area contributed by atoms with Gasteiger partial charge in [0, 0.05) is 12.8 Å². The molecule has 3 rings (SSSR count). The highest BCUT2D eigenvalue weighted by molar-refractivity contribution is 5.77. The van der Waals surface area contributed by atoms with Crippen LogP contribution in [0, 0.1) is 0 Å². The molecular formula is C21H27N2O3+. The summed E-state index contributed by atoms with van der Waals surface area (Å²) in [6.45, 7) is 4.74. The van der Waals surface area contributed by atoms with E-state index in [1.54, 1.807) is 4.90 Å². The predicted molar refractivity (Wildman–Crippen MR) is 101 cm³/mol. The number of amides is 1. The lowest BCUT2D eigenvalue weighted by Gasteiger charge is -2.12. The van der Waals surface area contributed by atoms with Crippen molar-refractivity contribution in [3.63, 3.8) is 0 Å². The lowest BCUT2D eigenvalue weighted by Crippen LogP contribution is -3.10. The minimum absolute atomic E-state index is 0.0412. The average molecular weight is 355 g/mol. The molecule has 2 N–H and O–H groups in total. The lowest BCUT2D eigenvalue weighted by molar-refractivity contribution is -0.886. The lowest BCUT2D eigenvalue weighted by atomic mass is 10.2. The van der Waals surface area contributed by atoms with Crippen LogP contribution in [0.25, 0.3) is 0 Å². The molecule has 0 bridgehead atoms. The van der Waals surface area contributed by atoms with Crippen molar-refractivity contribution >= 4 is 5.91 Å². The van der Waals surface area contributed by atoms with Crippen LogP contribution in [0.4, 0.5) is 0 Å². The maximum absolute atomic E-state index is 11.8. The summed E-state index contributed by atoms with van der Waals surface area (Å²) in [5, 5.41) is 2.92. The summed E-state index contributed by atoms with van der Waals surface area (Å²) >= 11 is 0. The minimum Gasteiger partial charge on any atom is -0.489 e. The van der Waals surface area contributed by atoms with Crippen molar-refractivity contribution in [2.75, 3.05) is 32.8 Å². The zero-order chi connectivity index (χ0) is 18.0. The second kappa shape index (κ2) is 9.82. The number of quaternary nitrogens is 1. The van der Waals surface area contributed by atoms with Crippen molar-refractivity contribution < 1.29 is 19.2 Å². The Balaban J connectivity index is 1.33. The molecule has 0 aliphatic carbocycles. The maximum Gasteiger partial charge on any atom is 0.258 e. The molecule has 1 aliphatic rings. The molecule has 1 aliphatic heterocycles. The molecule has 0 unspecified atom stereocenters. The summed E-state index contributed by atoms with van der Waals surface area (Å²) in [7, 11) is 0. The number of carbonyl (C=O) groups excluding carboxylic acids is 1. The number of likely N-dealkylation sites (tertiary alicyclic amines) is 1. The van der Waals surface area contributed by atoms with E-state index in [1.807, 2.05) is 54.6 Å². The third kappa shape index (κ3) is 6.08. The number of rotatable bonds is 9. The highest BCUT2D eigenvalue weighted by atomic mass is 16.5. The van der Waals surface area contributed by atoms with E-state index in [0.29, 0.717) is 18.9 Å². The van der Waals surface area contributed by atoms with Crippen molar-refractivity contribution in [1.82, 2.24) is 5.32 Å². The fourth-order valence-electron chi connectivity index (χ4n) is 3.08. The van der Waals surface area contributed by atoms with Crippen LogP contribution in [0.2, 0.25) is 0 Å². The highest BCUT2D eigenvalue weighted by Gasteiger charge is 2.14. The van der Waals surface area contributed by atoms with Crippen LogP contribution in [-0.4, -0.2) is 38.7 Å². The molecule has 1 heterocycles. The minimum atomic E-state index is -0.0759. The van der Waals surface area contributed by atoms with Crippen molar-refractivity contribution in [3.8, 4) is 11.5 Å². The van der Waals surface area contributed by atoms with Gasteiger partial charge in [0.15, 0.2) is 6.61 Å². The van der Waals surface area contributed by atoms with Gasteiger partial charge in [-0.25, -0.2) is 0 Å². The van der Waals surface area contributed by atoms with Gasteiger partial charge in [-0.2, -0.15) is 0 Å². The largest absolute Gasteiger partial charge is 0.489 e. The Morgan fingerprint density at radius 3 is 2.27 bits per heavy atom. The number of benzene rings is 2.